The molecular weight excluding hydrogens is 347 g/mol. The van der Waals surface area contributed by atoms with Crippen molar-refractivity contribution in [3.8, 4) is 0 Å². The first-order valence-corrected chi connectivity index (χ1v) is 8.49. The van der Waals surface area contributed by atoms with Crippen LogP contribution in [0.15, 0.2) is 60.9 Å². The van der Waals surface area contributed by atoms with Crippen LogP contribution in [-0.2, 0) is 11.8 Å². The number of nitrogens with zero attached hydrogens (tertiary/aromatic N) is 3. The quantitative estimate of drug-likeness (QED) is 0.753. The zero-order valence-corrected chi connectivity index (χ0v) is 14.6. The molecule has 1 unspecified atom stereocenters. The summed E-state index contributed by atoms with van der Waals surface area (Å²) < 4.78 is 15.3. The molecule has 0 fully saturated rings. The number of anilines is 1. The summed E-state index contributed by atoms with van der Waals surface area (Å²) in [6, 6.07) is 10.5. The number of allylic oxidation sites excluding steroid dienone is 1. The van der Waals surface area contributed by atoms with E-state index in [9.17, 15) is 14.0 Å². The predicted octanol–water partition coefficient (Wildman–Crippen LogP) is 3.77. The molecule has 0 aliphatic carbocycles. The van der Waals surface area contributed by atoms with Crippen LogP contribution in [0.2, 0.25) is 0 Å². The van der Waals surface area contributed by atoms with Crippen molar-refractivity contribution in [1.29, 1.82) is 0 Å². The Balaban J connectivity index is 1.62. The summed E-state index contributed by atoms with van der Waals surface area (Å²) in [6.45, 7) is 0. The maximum Gasteiger partial charge on any atom is 0.326 e. The normalized spacial score (nSPS) is 16.7. The largest absolute Gasteiger partial charge is 0.326 e. The van der Waals surface area contributed by atoms with Crippen LogP contribution in [0, 0.1) is 5.82 Å². The summed E-state index contributed by atoms with van der Waals surface area (Å²) in [4.78, 5) is 26.1. The Labute approximate surface area is 154 Å². The number of urea groups is 1. The molecule has 1 atom stereocenters. The lowest BCUT2D eigenvalue weighted by atomic mass is 9.97. The van der Waals surface area contributed by atoms with Crippen molar-refractivity contribution < 1.29 is 14.0 Å². The zero-order valence-electron chi connectivity index (χ0n) is 14.6. The first kappa shape index (κ1) is 17.0. The Kier molecular flexibility index (Phi) is 4.19. The molecule has 1 aliphatic heterocycles. The Bertz CT molecular complexity index is 1070. The first-order chi connectivity index (χ1) is 13.0. The van der Waals surface area contributed by atoms with E-state index >= 15 is 0 Å². The maximum atomic E-state index is 13.6. The Hall–Kier alpha value is -3.48. The number of carbonyl (C=O) groups is 2. The van der Waals surface area contributed by atoms with Gasteiger partial charge in [0.25, 0.3) is 0 Å². The molecule has 0 saturated heterocycles. The minimum atomic E-state index is -0.557. The van der Waals surface area contributed by atoms with E-state index in [0.717, 1.165) is 10.9 Å². The van der Waals surface area contributed by atoms with Crippen molar-refractivity contribution in [1.82, 2.24) is 14.7 Å². The third kappa shape index (κ3) is 3.31. The van der Waals surface area contributed by atoms with Crippen LogP contribution in [0.1, 0.15) is 18.0 Å². The van der Waals surface area contributed by atoms with E-state index in [4.69, 9.17) is 0 Å². The van der Waals surface area contributed by atoms with Crippen molar-refractivity contribution in [2.24, 2.45) is 7.05 Å². The molecule has 3 aromatic rings. The zero-order chi connectivity index (χ0) is 19.0. The highest BCUT2D eigenvalue weighted by atomic mass is 19.1. The third-order valence-corrected chi connectivity index (χ3v) is 4.62. The van der Waals surface area contributed by atoms with Gasteiger partial charge in [-0.05, 0) is 42.0 Å². The minimum Gasteiger partial charge on any atom is -0.307 e. The number of amides is 2. The van der Waals surface area contributed by atoms with Gasteiger partial charge in [0.05, 0.1) is 17.8 Å². The van der Waals surface area contributed by atoms with Crippen molar-refractivity contribution in [3.63, 3.8) is 0 Å². The van der Waals surface area contributed by atoms with Crippen LogP contribution in [0.4, 0.5) is 14.9 Å². The lowest BCUT2D eigenvalue weighted by Gasteiger charge is -2.31. The Morgan fingerprint density at radius 1 is 1.26 bits per heavy atom. The molecule has 1 N–H and O–H groups in total. The third-order valence-electron chi connectivity index (χ3n) is 4.62. The van der Waals surface area contributed by atoms with Crippen LogP contribution in [0.25, 0.3) is 10.9 Å². The van der Waals surface area contributed by atoms with Crippen molar-refractivity contribution in [3.05, 3.63) is 72.3 Å². The monoisotopic (exact) mass is 364 g/mol. The molecule has 0 saturated carbocycles. The lowest BCUT2D eigenvalue weighted by Crippen LogP contribution is -2.37. The van der Waals surface area contributed by atoms with Gasteiger partial charge >= 0.3 is 6.03 Å². The Morgan fingerprint density at radius 3 is 2.93 bits per heavy atom. The average molecular weight is 364 g/mol. The molecule has 4 rings (SSSR count). The smallest absolute Gasteiger partial charge is 0.307 e. The number of rotatable bonds is 2. The molecule has 1 aliphatic rings. The summed E-state index contributed by atoms with van der Waals surface area (Å²) in [5, 5.41) is 7.99. The highest BCUT2D eigenvalue weighted by molar-refractivity contribution is 5.97. The van der Waals surface area contributed by atoms with Crippen LogP contribution >= 0.6 is 0 Å². The van der Waals surface area contributed by atoms with Crippen molar-refractivity contribution in [2.45, 2.75) is 12.5 Å². The van der Waals surface area contributed by atoms with Crippen molar-refractivity contribution >= 4 is 28.4 Å². The van der Waals surface area contributed by atoms with Gasteiger partial charge in [0.1, 0.15) is 5.82 Å². The second-order valence-electron chi connectivity index (χ2n) is 6.44. The van der Waals surface area contributed by atoms with Gasteiger partial charge in [0, 0.05) is 30.7 Å². The number of aryl methyl sites for hydroxylation is 1. The molecule has 2 aromatic carbocycles. The summed E-state index contributed by atoms with van der Waals surface area (Å²) in [5.41, 5.74) is 2.07. The molecule has 2 amide bonds. The SMILES string of the molecule is Cn1ncc2ccc(NC(=O)N3C=CC(=O)CC3c3cccc(F)c3)cc21. The predicted molar refractivity (Wildman–Crippen MR) is 99.5 cm³/mol. The fourth-order valence-corrected chi connectivity index (χ4v) is 3.24. The number of ketones is 1. The van der Waals surface area contributed by atoms with E-state index in [-0.39, 0.29) is 12.2 Å². The van der Waals surface area contributed by atoms with Gasteiger partial charge in [0.2, 0.25) is 0 Å². The molecule has 6 nitrogen and oxygen atoms in total. The molecule has 0 bridgehead atoms. The van der Waals surface area contributed by atoms with Gasteiger partial charge in [-0.3, -0.25) is 14.4 Å². The van der Waals surface area contributed by atoms with Gasteiger partial charge in [-0.15, -0.1) is 0 Å². The van der Waals surface area contributed by atoms with Gasteiger partial charge in [-0.1, -0.05) is 12.1 Å². The molecule has 2 heterocycles. The number of hydrogen-bond donors (Lipinski definition) is 1. The second kappa shape index (κ2) is 6.68. The van der Waals surface area contributed by atoms with E-state index < -0.39 is 17.9 Å². The molecule has 0 radical (unpaired) electrons. The van der Waals surface area contributed by atoms with E-state index in [2.05, 4.69) is 10.4 Å². The molecule has 7 heteroatoms. The van der Waals surface area contributed by atoms with Gasteiger partial charge in [-0.25, -0.2) is 9.18 Å². The van der Waals surface area contributed by atoms with Gasteiger partial charge in [-0.2, -0.15) is 5.10 Å². The van der Waals surface area contributed by atoms with E-state index in [0.29, 0.717) is 11.3 Å². The molecule has 0 spiro atoms. The second-order valence-corrected chi connectivity index (χ2v) is 6.44. The fraction of sp³-hybridized carbons (Fsp3) is 0.150. The molecule has 1 aromatic heterocycles. The molecular formula is C20H17FN4O2. The number of benzene rings is 2. The summed E-state index contributed by atoms with van der Waals surface area (Å²) in [5.74, 6) is -0.513. The first-order valence-electron chi connectivity index (χ1n) is 8.49. The summed E-state index contributed by atoms with van der Waals surface area (Å²) in [6.07, 6.45) is 4.66. The Morgan fingerprint density at radius 2 is 2.11 bits per heavy atom. The van der Waals surface area contributed by atoms with E-state index in [1.54, 1.807) is 29.1 Å². The average Bonchev–Trinajstić information content (AvgIpc) is 3.02. The van der Waals surface area contributed by atoms with Crippen LogP contribution < -0.4 is 5.32 Å². The summed E-state index contributed by atoms with van der Waals surface area (Å²) in [7, 11) is 1.83. The molecule has 27 heavy (non-hydrogen) atoms. The lowest BCUT2D eigenvalue weighted by molar-refractivity contribution is -0.116. The number of halogens is 1. The minimum absolute atomic E-state index is 0.105. The number of carbonyl (C=O) groups excluding carboxylic acids is 2. The van der Waals surface area contributed by atoms with Gasteiger partial charge < -0.3 is 5.32 Å². The number of hydrogen-bond acceptors (Lipinski definition) is 3. The fourth-order valence-electron chi connectivity index (χ4n) is 3.24. The highest BCUT2D eigenvalue weighted by Gasteiger charge is 2.29. The number of aromatic nitrogens is 2. The van der Waals surface area contributed by atoms with Crippen LogP contribution in [0.5, 0.6) is 0 Å². The molecule has 136 valence electrons. The highest BCUT2D eigenvalue weighted by Crippen LogP contribution is 2.30. The number of fused-ring (bicyclic) bond motifs is 1. The number of nitrogens with one attached hydrogen (secondary N) is 1. The summed E-state index contributed by atoms with van der Waals surface area (Å²) >= 11 is 0. The van der Waals surface area contributed by atoms with E-state index in [1.807, 2.05) is 19.2 Å². The van der Waals surface area contributed by atoms with Crippen molar-refractivity contribution in [2.75, 3.05) is 5.32 Å². The topological polar surface area (TPSA) is 67.2 Å². The van der Waals surface area contributed by atoms with E-state index in [1.165, 1.54) is 29.3 Å². The van der Waals surface area contributed by atoms with Crippen LogP contribution in [-0.4, -0.2) is 26.5 Å². The standard InChI is InChI=1S/C20H17FN4O2/c1-24-18-10-16(6-5-14(18)12-22-24)23-20(27)25-8-7-17(26)11-19(25)13-3-2-4-15(21)9-13/h2-10,12,19H,11H2,1H3,(H,23,27). The van der Waals surface area contributed by atoms with Crippen LogP contribution in [0.3, 0.4) is 0 Å². The van der Waals surface area contributed by atoms with Gasteiger partial charge in [0.15, 0.2) is 5.78 Å². The maximum absolute atomic E-state index is 13.6.